The Balaban J connectivity index is 1.39. The Hall–Kier alpha value is -2.77. The summed E-state index contributed by atoms with van der Waals surface area (Å²) in [6.45, 7) is 3.73. The molecule has 0 radical (unpaired) electrons. The highest BCUT2D eigenvalue weighted by Crippen LogP contribution is 2.44. The summed E-state index contributed by atoms with van der Waals surface area (Å²) in [6, 6.07) is 0. The Bertz CT molecular complexity index is 925. The van der Waals surface area contributed by atoms with Gasteiger partial charge in [-0.1, -0.05) is 6.42 Å². The summed E-state index contributed by atoms with van der Waals surface area (Å²) in [6.07, 6.45) is 10.3. The molecule has 0 bridgehead atoms. The van der Waals surface area contributed by atoms with Crippen LogP contribution in [0.3, 0.4) is 0 Å². The fourth-order valence-corrected chi connectivity index (χ4v) is 4.93. The first kappa shape index (κ1) is 18.3. The lowest BCUT2D eigenvalue weighted by atomic mass is 9.76. The van der Waals surface area contributed by atoms with Crippen molar-refractivity contribution in [2.24, 2.45) is 5.92 Å². The number of H-pyrrole nitrogens is 1. The van der Waals surface area contributed by atoms with Gasteiger partial charge < -0.3 is 14.8 Å². The first-order chi connectivity index (χ1) is 14.1. The molecule has 0 aromatic carbocycles. The van der Waals surface area contributed by atoms with Crippen molar-refractivity contribution in [2.75, 3.05) is 19.6 Å². The Kier molecular flexibility index (Phi) is 4.37. The number of hydrogen-bond donors (Lipinski definition) is 1. The van der Waals surface area contributed by atoms with E-state index in [-0.39, 0.29) is 17.7 Å². The molecule has 3 aliphatic rings. The number of imidazole rings is 1. The van der Waals surface area contributed by atoms with Gasteiger partial charge in [0.25, 0.3) is 5.91 Å². The lowest BCUT2D eigenvalue weighted by Crippen LogP contribution is -2.60. The third kappa shape index (κ3) is 2.92. The Morgan fingerprint density at radius 3 is 2.55 bits per heavy atom. The normalized spacial score (nSPS) is 21.0. The van der Waals surface area contributed by atoms with Crippen LogP contribution in [0.5, 0.6) is 0 Å². The molecule has 1 saturated carbocycles. The van der Waals surface area contributed by atoms with Gasteiger partial charge in [0.05, 0.1) is 29.5 Å². The maximum atomic E-state index is 13.2. The van der Waals surface area contributed by atoms with Crippen molar-refractivity contribution < 1.29 is 9.59 Å². The highest BCUT2D eigenvalue weighted by Gasteiger charge is 2.50. The topological polar surface area (TPSA) is 95.1 Å². The molecule has 8 heteroatoms. The smallest absolute Gasteiger partial charge is 0.274 e. The number of aromatic amines is 1. The quantitative estimate of drug-likeness (QED) is 0.838. The SMILES string of the molecule is Cc1cnc(C(=O)N2CCC3(CC2)c2nc[nH]c2CCN3C(=O)C2CCC2)cn1. The largest absolute Gasteiger partial charge is 0.348 e. The first-order valence-electron chi connectivity index (χ1n) is 10.5. The molecule has 8 nitrogen and oxygen atoms in total. The molecule has 2 aromatic heterocycles. The number of rotatable bonds is 2. The van der Waals surface area contributed by atoms with Crippen LogP contribution < -0.4 is 0 Å². The van der Waals surface area contributed by atoms with E-state index in [9.17, 15) is 9.59 Å². The van der Waals surface area contributed by atoms with Crippen LogP contribution in [0, 0.1) is 12.8 Å². The molecular formula is C21H26N6O2. The monoisotopic (exact) mass is 394 g/mol. The highest BCUT2D eigenvalue weighted by atomic mass is 16.2. The molecule has 1 saturated heterocycles. The minimum atomic E-state index is -0.407. The van der Waals surface area contributed by atoms with E-state index >= 15 is 0 Å². The van der Waals surface area contributed by atoms with Gasteiger partial charge >= 0.3 is 0 Å². The van der Waals surface area contributed by atoms with Gasteiger partial charge in [-0.2, -0.15) is 0 Å². The summed E-state index contributed by atoms with van der Waals surface area (Å²) in [5, 5.41) is 0. The van der Waals surface area contributed by atoms with Crippen LogP contribution in [-0.2, 0) is 16.8 Å². The number of likely N-dealkylation sites (tertiary alicyclic amines) is 1. The predicted molar refractivity (Wildman–Crippen MR) is 105 cm³/mol. The molecule has 2 fully saturated rings. The molecule has 4 heterocycles. The fraction of sp³-hybridized carbons (Fsp3) is 0.571. The van der Waals surface area contributed by atoms with Gasteiger partial charge in [0.2, 0.25) is 5.91 Å². The van der Waals surface area contributed by atoms with Gasteiger partial charge in [0.1, 0.15) is 5.69 Å². The first-order valence-corrected chi connectivity index (χ1v) is 10.5. The lowest BCUT2D eigenvalue weighted by Gasteiger charge is -2.51. The van der Waals surface area contributed by atoms with Crippen LogP contribution in [-0.4, -0.2) is 61.2 Å². The zero-order valence-corrected chi connectivity index (χ0v) is 16.7. The van der Waals surface area contributed by atoms with Crippen molar-refractivity contribution in [2.45, 2.75) is 51.0 Å². The second-order valence-corrected chi connectivity index (χ2v) is 8.46. The third-order valence-corrected chi connectivity index (χ3v) is 6.86. The zero-order chi connectivity index (χ0) is 20.0. The summed E-state index contributed by atoms with van der Waals surface area (Å²) in [7, 11) is 0. The van der Waals surface area contributed by atoms with Gasteiger partial charge in [-0.3, -0.25) is 14.6 Å². The molecule has 0 atom stereocenters. The minimum Gasteiger partial charge on any atom is -0.348 e. The van der Waals surface area contributed by atoms with E-state index in [0.29, 0.717) is 31.6 Å². The predicted octanol–water partition coefficient (Wildman–Crippen LogP) is 1.82. The van der Waals surface area contributed by atoms with Crippen molar-refractivity contribution in [3.8, 4) is 0 Å². The van der Waals surface area contributed by atoms with Crippen LogP contribution in [0.2, 0.25) is 0 Å². The van der Waals surface area contributed by atoms with Crippen LogP contribution in [0.4, 0.5) is 0 Å². The molecule has 152 valence electrons. The molecule has 0 unspecified atom stereocenters. The summed E-state index contributed by atoms with van der Waals surface area (Å²) < 4.78 is 0. The number of amides is 2. The van der Waals surface area contributed by atoms with Gasteiger partial charge in [0, 0.05) is 43.9 Å². The summed E-state index contributed by atoms with van der Waals surface area (Å²) >= 11 is 0. The molecule has 2 aliphatic heterocycles. The second kappa shape index (κ2) is 6.93. The van der Waals surface area contributed by atoms with Crippen LogP contribution in [0.25, 0.3) is 0 Å². The summed E-state index contributed by atoms with van der Waals surface area (Å²) in [4.78, 5) is 46.4. The van der Waals surface area contributed by atoms with E-state index in [0.717, 1.165) is 49.3 Å². The number of piperidine rings is 1. The second-order valence-electron chi connectivity index (χ2n) is 8.46. The molecule has 29 heavy (non-hydrogen) atoms. The van der Waals surface area contributed by atoms with Crippen molar-refractivity contribution in [1.82, 2.24) is 29.7 Å². The number of nitrogens with one attached hydrogen (secondary N) is 1. The number of nitrogens with zero attached hydrogens (tertiary/aromatic N) is 5. The van der Waals surface area contributed by atoms with Crippen LogP contribution in [0.15, 0.2) is 18.7 Å². The van der Waals surface area contributed by atoms with Crippen LogP contribution >= 0.6 is 0 Å². The van der Waals surface area contributed by atoms with E-state index in [2.05, 4.69) is 24.8 Å². The van der Waals surface area contributed by atoms with E-state index in [4.69, 9.17) is 0 Å². The summed E-state index contributed by atoms with van der Waals surface area (Å²) in [5.74, 6) is 0.339. The van der Waals surface area contributed by atoms with E-state index < -0.39 is 5.54 Å². The molecular weight excluding hydrogens is 368 g/mol. The molecule has 1 aliphatic carbocycles. The lowest BCUT2D eigenvalue weighted by molar-refractivity contribution is -0.148. The number of fused-ring (bicyclic) bond motifs is 2. The summed E-state index contributed by atoms with van der Waals surface area (Å²) in [5.41, 5.74) is 2.89. The average Bonchev–Trinajstić information content (AvgIpc) is 3.18. The van der Waals surface area contributed by atoms with Crippen molar-refractivity contribution in [3.63, 3.8) is 0 Å². The molecule has 1 spiro atoms. The van der Waals surface area contributed by atoms with Crippen molar-refractivity contribution in [1.29, 1.82) is 0 Å². The molecule has 1 N–H and O–H groups in total. The van der Waals surface area contributed by atoms with E-state index in [1.54, 1.807) is 18.7 Å². The van der Waals surface area contributed by atoms with E-state index in [1.807, 2.05) is 11.8 Å². The minimum absolute atomic E-state index is 0.0951. The van der Waals surface area contributed by atoms with Gasteiger partial charge in [-0.05, 0) is 32.6 Å². The Morgan fingerprint density at radius 1 is 1.10 bits per heavy atom. The van der Waals surface area contributed by atoms with Gasteiger partial charge in [0.15, 0.2) is 0 Å². The van der Waals surface area contributed by atoms with Crippen LogP contribution in [0.1, 0.15) is 59.7 Å². The number of aromatic nitrogens is 4. The number of aryl methyl sites for hydroxylation is 1. The fourth-order valence-electron chi connectivity index (χ4n) is 4.93. The highest BCUT2D eigenvalue weighted by molar-refractivity contribution is 5.92. The number of carbonyl (C=O) groups is 2. The maximum absolute atomic E-state index is 13.2. The zero-order valence-electron chi connectivity index (χ0n) is 16.7. The number of hydrogen-bond acceptors (Lipinski definition) is 5. The third-order valence-electron chi connectivity index (χ3n) is 6.86. The average molecular weight is 394 g/mol. The Morgan fingerprint density at radius 2 is 1.90 bits per heavy atom. The van der Waals surface area contributed by atoms with Gasteiger partial charge in [-0.25, -0.2) is 9.97 Å². The standard InChI is InChI=1S/C21H26N6O2/c1-14-11-23-17(12-22-14)20(29)26-9-6-21(7-10-26)18-16(24-13-25-18)5-8-27(21)19(28)15-3-2-4-15/h11-13,15H,2-10H2,1H3,(H,24,25). The maximum Gasteiger partial charge on any atom is 0.274 e. The van der Waals surface area contributed by atoms with Crippen molar-refractivity contribution >= 4 is 11.8 Å². The van der Waals surface area contributed by atoms with Crippen molar-refractivity contribution in [3.05, 3.63) is 41.5 Å². The molecule has 5 rings (SSSR count). The molecule has 2 aromatic rings. The molecule has 2 amide bonds. The Labute approximate surface area is 169 Å². The van der Waals surface area contributed by atoms with Gasteiger partial charge in [-0.15, -0.1) is 0 Å². The van der Waals surface area contributed by atoms with E-state index in [1.165, 1.54) is 0 Å². The number of carbonyl (C=O) groups excluding carboxylic acids is 2.